The molecule has 0 amide bonds. The Kier molecular flexibility index (Phi) is 6.64. The molecule has 3 rings (SSSR count). The van der Waals surface area contributed by atoms with Gasteiger partial charge in [0.05, 0.1) is 25.0 Å². The molecule has 0 aromatic heterocycles. The first-order valence-electron chi connectivity index (χ1n) is 8.78. The van der Waals surface area contributed by atoms with E-state index >= 15 is 0 Å². The Morgan fingerprint density at radius 1 is 0.929 bits per heavy atom. The fourth-order valence-electron chi connectivity index (χ4n) is 2.58. The molecule has 0 aliphatic carbocycles. The maximum atomic E-state index is 9.08. The van der Waals surface area contributed by atoms with Crippen molar-refractivity contribution in [3.05, 3.63) is 95.1 Å². The normalized spacial score (nSPS) is 10.4. The molecule has 0 spiro atoms. The summed E-state index contributed by atoms with van der Waals surface area (Å²) in [6, 6.07) is 24.9. The summed E-state index contributed by atoms with van der Waals surface area (Å²) in [5.74, 6) is 1.28. The van der Waals surface area contributed by atoms with Crippen LogP contribution in [0, 0.1) is 11.3 Å². The van der Waals surface area contributed by atoms with E-state index in [4.69, 9.17) is 19.6 Å². The zero-order valence-corrected chi connectivity index (χ0v) is 15.5. The molecule has 5 heteroatoms. The molecule has 3 aromatic carbocycles. The third kappa shape index (κ3) is 5.12. The maximum absolute atomic E-state index is 9.08. The minimum Gasteiger partial charge on any atom is -0.493 e. The number of hydrogen-bond acceptors (Lipinski definition) is 5. The summed E-state index contributed by atoms with van der Waals surface area (Å²) in [5.41, 5.74) is 3.28. The second-order valence-corrected chi connectivity index (χ2v) is 5.96. The number of nitriles is 1. The first-order chi connectivity index (χ1) is 13.8. The van der Waals surface area contributed by atoms with Gasteiger partial charge in [0, 0.05) is 11.1 Å². The van der Waals surface area contributed by atoms with Crippen LogP contribution < -0.4 is 9.47 Å². The maximum Gasteiger partial charge on any atom is 0.161 e. The first-order valence-corrected chi connectivity index (χ1v) is 8.78. The topological polar surface area (TPSA) is 63.8 Å². The van der Waals surface area contributed by atoms with Gasteiger partial charge < -0.3 is 14.3 Å². The van der Waals surface area contributed by atoms with E-state index in [1.165, 1.54) is 0 Å². The van der Waals surface area contributed by atoms with Gasteiger partial charge in [0.2, 0.25) is 0 Å². The standard InChI is InChI=1S/C23H20N2O3/c1-26-23-13-19(11-12-22(23)27-16-18-7-3-2-4-8-18)15-25-28-17-21-10-6-5-9-20(21)14-24/h2-13,15H,16-17H2,1H3/b25-15-. The highest BCUT2D eigenvalue weighted by Crippen LogP contribution is 2.28. The van der Waals surface area contributed by atoms with E-state index < -0.39 is 0 Å². The number of benzene rings is 3. The van der Waals surface area contributed by atoms with Crippen LogP contribution in [-0.4, -0.2) is 13.3 Å². The SMILES string of the molecule is COc1cc(/C=N\OCc2ccccc2C#N)ccc1OCc1ccccc1. The molecule has 0 saturated heterocycles. The lowest BCUT2D eigenvalue weighted by Gasteiger charge is -2.11. The molecular formula is C23H20N2O3. The van der Waals surface area contributed by atoms with Crippen molar-refractivity contribution in [2.24, 2.45) is 5.16 Å². The van der Waals surface area contributed by atoms with Crippen LogP contribution in [0.25, 0.3) is 0 Å². The van der Waals surface area contributed by atoms with Gasteiger partial charge in [0.1, 0.15) is 13.2 Å². The van der Waals surface area contributed by atoms with E-state index in [1.807, 2.05) is 66.7 Å². The largest absolute Gasteiger partial charge is 0.493 e. The van der Waals surface area contributed by atoms with Crippen molar-refractivity contribution in [2.45, 2.75) is 13.2 Å². The highest BCUT2D eigenvalue weighted by Gasteiger charge is 2.06. The summed E-state index contributed by atoms with van der Waals surface area (Å²) >= 11 is 0. The summed E-state index contributed by atoms with van der Waals surface area (Å²) in [6.45, 7) is 0.696. The molecule has 0 bridgehead atoms. The van der Waals surface area contributed by atoms with E-state index in [2.05, 4.69) is 11.2 Å². The Balaban J connectivity index is 1.60. The number of nitrogens with zero attached hydrogens (tertiary/aromatic N) is 2. The van der Waals surface area contributed by atoms with Crippen LogP contribution in [-0.2, 0) is 18.1 Å². The molecule has 5 nitrogen and oxygen atoms in total. The van der Waals surface area contributed by atoms with Crippen LogP contribution in [0.5, 0.6) is 11.5 Å². The smallest absolute Gasteiger partial charge is 0.161 e. The Morgan fingerprint density at radius 2 is 1.71 bits per heavy atom. The van der Waals surface area contributed by atoms with Crippen LogP contribution in [0.3, 0.4) is 0 Å². The number of methoxy groups -OCH3 is 1. The Labute approximate surface area is 164 Å². The average Bonchev–Trinajstić information content (AvgIpc) is 2.76. The zero-order valence-electron chi connectivity index (χ0n) is 15.5. The highest BCUT2D eigenvalue weighted by atomic mass is 16.6. The molecule has 0 aliphatic rings. The second kappa shape index (κ2) is 9.79. The Hall–Kier alpha value is -3.78. The van der Waals surface area contributed by atoms with Crippen molar-refractivity contribution < 1.29 is 14.3 Å². The molecular weight excluding hydrogens is 352 g/mol. The van der Waals surface area contributed by atoms with Gasteiger partial charge in [-0.1, -0.05) is 53.7 Å². The van der Waals surface area contributed by atoms with Crippen molar-refractivity contribution in [2.75, 3.05) is 7.11 Å². The monoisotopic (exact) mass is 372 g/mol. The van der Waals surface area contributed by atoms with Crippen molar-refractivity contribution >= 4 is 6.21 Å². The average molecular weight is 372 g/mol. The summed E-state index contributed by atoms with van der Waals surface area (Å²) < 4.78 is 11.3. The lowest BCUT2D eigenvalue weighted by atomic mass is 10.1. The lowest BCUT2D eigenvalue weighted by Crippen LogP contribution is -1.98. The van der Waals surface area contributed by atoms with Gasteiger partial charge >= 0.3 is 0 Å². The quantitative estimate of drug-likeness (QED) is 0.425. The summed E-state index contributed by atoms with van der Waals surface area (Å²) in [5, 5.41) is 13.1. The molecule has 0 saturated carbocycles. The van der Waals surface area contributed by atoms with Gasteiger partial charge in [-0.05, 0) is 29.8 Å². The lowest BCUT2D eigenvalue weighted by molar-refractivity contribution is 0.132. The highest BCUT2D eigenvalue weighted by molar-refractivity contribution is 5.80. The molecule has 140 valence electrons. The number of oxime groups is 1. The van der Waals surface area contributed by atoms with Gasteiger partial charge in [-0.3, -0.25) is 0 Å². The van der Waals surface area contributed by atoms with Crippen LogP contribution in [0.15, 0.2) is 78.0 Å². The van der Waals surface area contributed by atoms with Gasteiger partial charge in [-0.25, -0.2) is 0 Å². The van der Waals surface area contributed by atoms with E-state index in [0.717, 1.165) is 16.7 Å². The fourth-order valence-corrected chi connectivity index (χ4v) is 2.58. The number of hydrogen-bond donors (Lipinski definition) is 0. The molecule has 0 unspecified atom stereocenters. The molecule has 3 aromatic rings. The number of rotatable bonds is 8. The third-order valence-electron chi connectivity index (χ3n) is 4.06. The molecule has 0 fully saturated rings. The predicted molar refractivity (Wildman–Crippen MR) is 107 cm³/mol. The van der Waals surface area contributed by atoms with E-state index in [0.29, 0.717) is 23.7 Å². The molecule has 0 aliphatic heterocycles. The molecule has 28 heavy (non-hydrogen) atoms. The minimum atomic E-state index is 0.232. The summed E-state index contributed by atoms with van der Waals surface area (Å²) in [7, 11) is 1.60. The van der Waals surface area contributed by atoms with Gasteiger partial charge in [0.15, 0.2) is 11.5 Å². The van der Waals surface area contributed by atoms with E-state index in [9.17, 15) is 0 Å². The minimum absolute atomic E-state index is 0.232. The molecule has 0 atom stereocenters. The van der Waals surface area contributed by atoms with E-state index in [-0.39, 0.29) is 6.61 Å². The van der Waals surface area contributed by atoms with Crippen molar-refractivity contribution in [1.82, 2.24) is 0 Å². The molecule has 0 N–H and O–H groups in total. The number of ether oxygens (including phenoxy) is 2. The van der Waals surface area contributed by atoms with Crippen LogP contribution in [0.1, 0.15) is 22.3 Å². The second-order valence-electron chi connectivity index (χ2n) is 5.96. The Morgan fingerprint density at radius 3 is 2.50 bits per heavy atom. The van der Waals surface area contributed by atoms with Gasteiger partial charge in [0.25, 0.3) is 0 Å². The molecule has 0 radical (unpaired) electrons. The summed E-state index contributed by atoms with van der Waals surface area (Å²) in [4.78, 5) is 5.32. The van der Waals surface area contributed by atoms with Crippen LogP contribution in [0.2, 0.25) is 0 Å². The van der Waals surface area contributed by atoms with E-state index in [1.54, 1.807) is 19.4 Å². The van der Waals surface area contributed by atoms with Gasteiger partial charge in [-0.15, -0.1) is 0 Å². The van der Waals surface area contributed by atoms with Crippen LogP contribution >= 0.6 is 0 Å². The fraction of sp³-hybridized carbons (Fsp3) is 0.130. The van der Waals surface area contributed by atoms with Crippen molar-refractivity contribution in [3.63, 3.8) is 0 Å². The third-order valence-corrected chi connectivity index (χ3v) is 4.06. The van der Waals surface area contributed by atoms with Crippen molar-refractivity contribution in [1.29, 1.82) is 5.26 Å². The molecule has 0 heterocycles. The van der Waals surface area contributed by atoms with Gasteiger partial charge in [-0.2, -0.15) is 5.26 Å². The van der Waals surface area contributed by atoms with Crippen molar-refractivity contribution in [3.8, 4) is 17.6 Å². The first kappa shape index (κ1) is 19.0. The zero-order chi connectivity index (χ0) is 19.6. The Bertz CT molecular complexity index is 979. The summed E-state index contributed by atoms with van der Waals surface area (Å²) in [6.07, 6.45) is 1.60. The predicted octanol–water partition coefficient (Wildman–Crippen LogP) is 4.70. The van der Waals surface area contributed by atoms with Crippen LogP contribution in [0.4, 0.5) is 0 Å².